The molecule has 0 N–H and O–H groups in total. The molecule has 2 aliphatic heterocycles. The van der Waals surface area contributed by atoms with E-state index >= 15 is 0 Å². The third-order valence-corrected chi connectivity index (χ3v) is 8.85. The van der Waals surface area contributed by atoms with Crippen molar-refractivity contribution in [1.29, 1.82) is 0 Å². The molecule has 2 heterocycles. The predicted octanol–water partition coefficient (Wildman–Crippen LogP) is 8.13. The number of anilines is 6. The summed E-state index contributed by atoms with van der Waals surface area (Å²) >= 11 is 0. The highest BCUT2D eigenvalue weighted by molar-refractivity contribution is 6.92. The Morgan fingerprint density at radius 2 is 0.762 bits per heavy atom. The summed E-state index contributed by atoms with van der Waals surface area (Å²) in [4.78, 5) is 7.35. The molecule has 2 aliphatic rings. The van der Waals surface area contributed by atoms with Gasteiger partial charge in [0.05, 0.1) is 22.7 Å². The molecule has 6 aromatic carbocycles. The monoisotopic (exact) mass is 539 g/mol. The van der Waals surface area contributed by atoms with Crippen LogP contribution in [0.15, 0.2) is 146 Å². The lowest BCUT2D eigenvalue weighted by Crippen LogP contribution is -2.60. The summed E-state index contributed by atoms with van der Waals surface area (Å²) in [6.45, 7) is -0.0328. The topological polar surface area (TPSA) is 9.72 Å². The van der Waals surface area contributed by atoms with E-state index in [0.29, 0.717) is 0 Å². The van der Waals surface area contributed by atoms with E-state index in [1.165, 1.54) is 67.3 Å². The van der Waals surface area contributed by atoms with Crippen LogP contribution in [0.1, 0.15) is 0 Å². The minimum absolute atomic E-state index is 0.0328. The zero-order valence-electron chi connectivity index (χ0n) is 23.8. The molecule has 0 unspecified atom stereocenters. The maximum Gasteiger partial charge on any atom is 0.332 e. The normalized spacial score (nSPS) is 13.3. The van der Waals surface area contributed by atoms with Crippen molar-refractivity contribution in [3.05, 3.63) is 146 Å². The van der Waals surface area contributed by atoms with E-state index in [2.05, 4.69) is 174 Å². The van der Waals surface area contributed by atoms with Crippen LogP contribution in [0, 0.1) is 0 Å². The van der Waals surface area contributed by atoms with Gasteiger partial charge in [-0.2, -0.15) is 0 Å². The standard InChI is InChI=1S/C38H30BN3/c1-40-33-23-11-9-21-31(33)39(32-22-10-12-24-34(32)40)42-37-29(27-15-5-3-6-16-27)19-13-25-35(37)41(2)36-26-14-20-30(38(36)42)28-17-7-4-8-18-28/h3-26H,1-2H3. The van der Waals surface area contributed by atoms with Gasteiger partial charge in [-0.05, 0) is 46.3 Å². The van der Waals surface area contributed by atoms with Gasteiger partial charge in [0.15, 0.2) is 0 Å². The van der Waals surface area contributed by atoms with Crippen LogP contribution in [-0.4, -0.2) is 20.9 Å². The predicted molar refractivity (Wildman–Crippen MR) is 180 cm³/mol. The Balaban J connectivity index is 1.51. The fourth-order valence-corrected chi connectivity index (χ4v) is 6.94. The molecule has 3 nitrogen and oxygen atoms in total. The average molecular weight is 539 g/mol. The molecule has 0 aliphatic carbocycles. The molecule has 0 aromatic heterocycles. The molecule has 0 fully saturated rings. The lowest BCUT2D eigenvalue weighted by Gasteiger charge is -2.46. The quantitative estimate of drug-likeness (QED) is 0.210. The van der Waals surface area contributed by atoms with E-state index in [0.717, 1.165) is 0 Å². The summed E-state index contributed by atoms with van der Waals surface area (Å²) in [5, 5.41) is 0. The highest BCUT2D eigenvalue weighted by atomic mass is 15.2. The summed E-state index contributed by atoms with van der Waals surface area (Å²) in [5.41, 5.74) is 14.8. The fourth-order valence-electron chi connectivity index (χ4n) is 6.94. The molecule has 0 saturated heterocycles. The van der Waals surface area contributed by atoms with Gasteiger partial charge in [-0.1, -0.05) is 121 Å². The average Bonchev–Trinajstić information content (AvgIpc) is 3.06. The van der Waals surface area contributed by atoms with E-state index in [1.807, 2.05) is 0 Å². The molecular weight excluding hydrogens is 509 g/mol. The highest BCUT2D eigenvalue weighted by Gasteiger charge is 2.43. The van der Waals surface area contributed by atoms with Crippen LogP contribution in [0.5, 0.6) is 0 Å². The molecule has 6 aromatic rings. The third-order valence-electron chi connectivity index (χ3n) is 8.85. The highest BCUT2D eigenvalue weighted by Crippen LogP contribution is 2.55. The number of nitrogens with zero attached hydrogens (tertiary/aromatic N) is 3. The molecule has 8 rings (SSSR count). The van der Waals surface area contributed by atoms with E-state index in [9.17, 15) is 0 Å². The van der Waals surface area contributed by atoms with Crippen LogP contribution in [0.4, 0.5) is 34.1 Å². The van der Waals surface area contributed by atoms with E-state index in [4.69, 9.17) is 0 Å². The van der Waals surface area contributed by atoms with Gasteiger partial charge >= 0.3 is 6.85 Å². The smallest absolute Gasteiger partial charge is 0.332 e. The number of para-hydroxylation sites is 4. The first-order chi connectivity index (χ1) is 20.7. The van der Waals surface area contributed by atoms with Crippen LogP contribution < -0.4 is 25.5 Å². The van der Waals surface area contributed by atoms with Gasteiger partial charge < -0.3 is 14.6 Å². The van der Waals surface area contributed by atoms with Crippen molar-refractivity contribution in [3.63, 3.8) is 0 Å². The first-order valence-electron chi connectivity index (χ1n) is 14.5. The molecule has 0 saturated carbocycles. The molecule has 200 valence electrons. The van der Waals surface area contributed by atoms with Gasteiger partial charge in [-0.25, -0.2) is 0 Å². The van der Waals surface area contributed by atoms with Crippen molar-refractivity contribution in [2.45, 2.75) is 0 Å². The van der Waals surface area contributed by atoms with Crippen molar-refractivity contribution < 1.29 is 0 Å². The second-order valence-electron chi connectivity index (χ2n) is 11.1. The van der Waals surface area contributed by atoms with Crippen LogP contribution in [-0.2, 0) is 0 Å². The van der Waals surface area contributed by atoms with Gasteiger partial charge in [0.2, 0.25) is 0 Å². The van der Waals surface area contributed by atoms with Crippen molar-refractivity contribution in [3.8, 4) is 22.3 Å². The second kappa shape index (κ2) is 9.71. The summed E-state index contributed by atoms with van der Waals surface area (Å²) in [6, 6.07) is 52.9. The Morgan fingerprint density at radius 1 is 0.381 bits per heavy atom. The Hall–Kier alpha value is -5.22. The van der Waals surface area contributed by atoms with Gasteiger partial charge in [-0.15, -0.1) is 0 Å². The largest absolute Gasteiger partial charge is 0.372 e. The minimum atomic E-state index is -0.0328. The molecule has 0 atom stereocenters. The number of fused-ring (bicyclic) bond motifs is 4. The molecule has 0 amide bonds. The first-order valence-corrected chi connectivity index (χ1v) is 14.5. The Bertz CT molecular complexity index is 1800. The molecule has 0 bridgehead atoms. The van der Waals surface area contributed by atoms with Crippen LogP contribution in [0.2, 0.25) is 0 Å². The zero-order chi connectivity index (χ0) is 28.2. The van der Waals surface area contributed by atoms with Crippen molar-refractivity contribution in [2.24, 2.45) is 0 Å². The lowest BCUT2D eigenvalue weighted by molar-refractivity contribution is 1.15. The maximum absolute atomic E-state index is 2.64. The van der Waals surface area contributed by atoms with E-state index in [1.54, 1.807) is 0 Å². The molecule has 4 heteroatoms. The second-order valence-corrected chi connectivity index (χ2v) is 11.1. The van der Waals surface area contributed by atoms with E-state index < -0.39 is 0 Å². The van der Waals surface area contributed by atoms with Crippen molar-refractivity contribution >= 4 is 51.9 Å². The Labute approximate surface area is 248 Å². The molecule has 0 spiro atoms. The van der Waals surface area contributed by atoms with Crippen LogP contribution >= 0.6 is 0 Å². The van der Waals surface area contributed by atoms with Gasteiger partial charge in [0.25, 0.3) is 0 Å². The van der Waals surface area contributed by atoms with Gasteiger partial charge in [0.1, 0.15) is 0 Å². The number of benzene rings is 6. The summed E-state index contributed by atoms with van der Waals surface area (Å²) in [7, 11) is 4.39. The third kappa shape index (κ3) is 3.62. The summed E-state index contributed by atoms with van der Waals surface area (Å²) in [6.07, 6.45) is 0. The minimum Gasteiger partial charge on any atom is -0.372 e. The number of hydrogen-bond acceptors (Lipinski definition) is 3. The van der Waals surface area contributed by atoms with E-state index in [-0.39, 0.29) is 6.85 Å². The molecular formula is C38H30BN3. The summed E-state index contributed by atoms with van der Waals surface area (Å²) < 4.78 is 0. The lowest BCUT2D eigenvalue weighted by atomic mass is 9.46. The van der Waals surface area contributed by atoms with Crippen LogP contribution in [0.3, 0.4) is 0 Å². The fraction of sp³-hybridized carbons (Fsp3) is 0.0526. The van der Waals surface area contributed by atoms with Crippen molar-refractivity contribution in [2.75, 3.05) is 28.7 Å². The first kappa shape index (κ1) is 24.6. The molecule has 42 heavy (non-hydrogen) atoms. The Morgan fingerprint density at radius 3 is 1.24 bits per heavy atom. The Kier molecular flexibility index (Phi) is 5.68. The van der Waals surface area contributed by atoms with Gasteiger partial charge in [0, 0.05) is 36.6 Å². The number of hydrogen-bond donors (Lipinski definition) is 0. The van der Waals surface area contributed by atoms with Crippen molar-refractivity contribution in [1.82, 2.24) is 0 Å². The SMILES string of the molecule is CN1c2ccccc2B(N2c3c(-c4ccccc4)cccc3N(C)c3cccc(-c4ccccc4)c32)c2ccccc21. The maximum atomic E-state index is 2.64. The molecule has 0 radical (unpaired) electrons. The van der Waals surface area contributed by atoms with Gasteiger partial charge in [-0.3, -0.25) is 0 Å². The summed E-state index contributed by atoms with van der Waals surface area (Å²) in [5.74, 6) is 0. The number of rotatable bonds is 3. The van der Waals surface area contributed by atoms with Crippen LogP contribution in [0.25, 0.3) is 22.3 Å². The zero-order valence-corrected chi connectivity index (χ0v) is 23.8.